The van der Waals surface area contributed by atoms with Crippen LogP contribution in [0.5, 0.6) is 11.6 Å². The van der Waals surface area contributed by atoms with Crippen LogP contribution >= 0.6 is 34.8 Å². The lowest BCUT2D eigenvalue weighted by molar-refractivity contribution is 0.0969. The topological polar surface area (TPSA) is 70.4 Å². The molecular weight excluding hydrogens is 399 g/mol. The Morgan fingerprint density at radius 1 is 1.25 bits per heavy atom. The zero-order valence-corrected chi connectivity index (χ0v) is 15.8. The average molecular weight is 412 g/mol. The number of halogens is 3. The summed E-state index contributed by atoms with van der Waals surface area (Å²) < 4.78 is 37.3. The van der Waals surface area contributed by atoms with Crippen molar-refractivity contribution in [2.45, 2.75) is 25.3 Å². The Morgan fingerprint density at radius 3 is 2.50 bits per heavy atom. The first-order valence-corrected chi connectivity index (χ1v) is 9.41. The number of hydrogen-bond donors (Lipinski definition) is 0. The minimum absolute atomic E-state index is 0.0147. The SMILES string of the molecule is CC1(C)COc2c(S(=O)(=O)Oc3c(Cl)cc(Cl)cc3Cl)cnn2C1. The van der Waals surface area contributed by atoms with E-state index >= 15 is 0 Å². The van der Waals surface area contributed by atoms with E-state index in [0.29, 0.717) is 13.2 Å². The van der Waals surface area contributed by atoms with Crippen LogP contribution in [0, 0.1) is 5.41 Å². The summed E-state index contributed by atoms with van der Waals surface area (Å²) in [5, 5.41) is 4.30. The number of rotatable bonds is 3. The van der Waals surface area contributed by atoms with Crippen LogP contribution in [0.4, 0.5) is 0 Å². The van der Waals surface area contributed by atoms with Crippen LogP contribution in [0.1, 0.15) is 13.8 Å². The summed E-state index contributed by atoms with van der Waals surface area (Å²) in [6.45, 7) is 4.88. The Hall–Kier alpha value is -1.15. The molecule has 0 bridgehead atoms. The Balaban J connectivity index is 1.98. The van der Waals surface area contributed by atoms with E-state index in [1.54, 1.807) is 0 Å². The van der Waals surface area contributed by atoms with E-state index < -0.39 is 10.1 Å². The quantitative estimate of drug-likeness (QED) is 0.713. The van der Waals surface area contributed by atoms with Crippen molar-refractivity contribution >= 4 is 44.9 Å². The molecule has 1 aromatic carbocycles. The summed E-state index contributed by atoms with van der Waals surface area (Å²) in [6.07, 6.45) is 1.18. The van der Waals surface area contributed by atoms with Gasteiger partial charge in [-0.15, -0.1) is 0 Å². The molecule has 1 aliphatic heterocycles. The second kappa shape index (κ2) is 5.98. The summed E-state index contributed by atoms with van der Waals surface area (Å²) in [7, 11) is -4.23. The van der Waals surface area contributed by atoms with Gasteiger partial charge in [0.15, 0.2) is 10.6 Å². The highest BCUT2D eigenvalue weighted by atomic mass is 35.5. The molecule has 2 heterocycles. The van der Waals surface area contributed by atoms with Crippen molar-refractivity contribution in [2.24, 2.45) is 5.41 Å². The molecule has 2 aromatic rings. The van der Waals surface area contributed by atoms with Crippen LogP contribution in [0.25, 0.3) is 0 Å². The molecule has 10 heteroatoms. The van der Waals surface area contributed by atoms with Gasteiger partial charge in [0, 0.05) is 10.4 Å². The summed E-state index contributed by atoms with van der Waals surface area (Å²) in [6, 6.07) is 2.68. The Kier molecular flexibility index (Phi) is 4.40. The van der Waals surface area contributed by atoms with E-state index in [-0.39, 0.29) is 37.0 Å². The number of nitrogens with zero attached hydrogens (tertiary/aromatic N) is 2. The summed E-state index contributed by atoms with van der Waals surface area (Å²) in [5.41, 5.74) is -0.149. The van der Waals surface area contributed by atoms with Gasteiger partial charge in [0.2, 0.25) is 5.88 Å². The fraction of sp³-hybridized carbons (Fsp3) is 0.357. The van der Waals surface area contributed by atoms with E-state index in [1.165, 1.54) is 23.0 Å². The van der Waals surface area contributed by atoms with Crippen LogP contribution in [0.2, 0.25) is 15.1 Å². The predicted octanol–water partition coefficient (Wildman–Crippen LogP) is 4.03. The molecule has 0 aliphatic carbocycles. The van der Waals surface area contributed by atoms with Crippen molar-refractivity contribution in [3.63, 3.8) is 0 Å². The van der Waals surface area contributed by atoms with Crippen molar-refractivity contribution in [3.05, 3.63) is 33.4 Å². The van der Waals surface area contributed by atoms with Gasteiger partial charge in [-0.2, -0.15) is 13.5 Å². The molecule has 0 saturated carbocycles. The van der Waals surface area contributed by atoms with Gasteiger partial charge in [-0.1, -0.05) is 48.7 Å². The number of ether oxygens (including phenoxy) is 1. The van der Waals surface area contributed by atoms with Gasteiger partial charge in [0.05, 0.1) is 29.4 Å². The molecule has 24 heavy (non-hydrogen) atoms. The maximum absolute atomic E-state index is 12.6. The lowest BCUT2D eigenvalue weighted by atomic mass is 9.94. The molecule has 0 spiro atoms. The molecule has 0 N–H and O–H groups in total. The highest BCUT2D eigenvalue weighted by Crippen LogP contribution is 2.39. The molecular formula is C14H13Cl3N2O4S. The fourth-order valence-corrected chi connectivity index (χ4v) is 4.29. The highest BCUT2D eigenvalue weighted by molar-refractivity contribution is 7.87. The maximum Gasteiger partial charge on any atom is 0.346 e. The summed E-state index contributed by atoms with van der Waals surface area (Å²) >= 11 is 17.8. The molecule has 6 nitrogen and oxygen atoms in total. The standard InChI is InChI=1S/C14H13Cl3N2O4S/c1-14(2)6-19-13(22-7-14)11(5-18-19)24(20,21)23-12-9(16)3-8(15)4-10(12)17/h3-5H,6-7H2,1-2H3. The number of fused-ring (bicyclic) bond motifs is 1. The fourth-order valence-electron chi connectivity index (χ4n) is 2.26. The van der Waals surface area contributed by atoms with Gasteiger partial charge in [-0.25, -0.2) is 4.68 Å². The van der Waals surface area contributed by atoms with Crippen molar-refractivity contribution in [1.82, 2.24) is 9.78 Å². The molecule has 0 fully saturated rings. The zero-order chi connectivity index (χ0) is 17.7. The van der Waals surface area contributed by atoms with Gasteiger partial charge in [0.25, 0.3) is 0 Å². The third-order valence-corrected chi connectivity index (χ3v) is 5.35. The molecule has 1 aliphatic rings. The van der Waals surface area contributed by atoms with E-state index in [9.17, 15) is 8.42 Å². The second-order valence-corrected chi connectivity index (χ2v) is 8.93. The van der Waals surface area contributed by atoms with Crippen molar-refractivity contribution in [3.8, 4) is 11.6 Å². The summed E-state index contributed by atoms with van der Waals surface area (Å²) in [5.74, 6) is -0.0608. The van der Waals surface area contributed by atoms with Crippen molar-refractivity contribution in [2.75, 3.05) is 6.61 Å². The normalized spacial score (nSPS) is 16.4. The summed E-state index contributed by atoms with van der Waals surface area (Å²) in [4.78, 5) is -0.180. The lowest BCUT2D eigenvalue weighted by Gasteiger charge is -2.30. The Morgan fingerprint density at radius 2 is 1.88 bits per heavy atom. The zero-order valence-electron chi connectivity index (χ0n) is 12.7. The van der Waals surface area contributed by atoms with E-state index in [1.807, 2.05) is 13.8 Å². The van der Waals surface area contributed by atoms with Gasteiger partial charge in [-0.3, -0.25) is 0 Å². The number of benzene rings is 1. The van der Waals surface area contributed by atoms with Gasteiger partial charge < -0.3 is 8.92 Å². The second-order valence-electron chi connectivity index (χ2n) is 6.16. The molecule has 0 radical (unpaired) electrons. The molecule has 130 valence electrons. The third-order valence-electron chi connectivity index (χ3n) is 3.36. The molecule has 0 saturated heterocycles. The average Bonchev–Trinajstić information content (AvgIpc) is 2.85. The van der Waals surface area contributed by atoms with Crippen LogP contribution in [0.15, 0.2) is 23.2 Å². The van der Waals surface area contributed by atoms with Crippen LogP contribution in [-0.2, 0) is 16.7 Å². The van der Waals surface area contributed by atoms with Gasteiger partial charge >= 0.3 is 10.1 Å². The predicted molar refractivity (Wildman–Crippen MR) is 90.8 cm³/mol. The largest absolute Gasteiger partial charge is 0.476 e. The first-order valence-electron chi connectivity index (χ1n) is 6.87. The van der Waals surface area contributed by atoms with Gasteiger partial charge in [0.1, 0.15) is 0 Å². The monoisotopic (exact) mass is 410 g/mol. The Labute approximate surface area is 154 Å². The van der Waals surface area contributed by atoms with Crippen molar-refractivity contribution < 1.29 is 17.3 Å². The van der Waals surface area contributed by atoms with Crippen LogP contribution < -0.4 is 8.92 Å². The first-order chi connectivity index (χ1) is 11.1. The number of hydrogen-bond acceptors (Lipinski definition) is 5. The van der Waals surface area contributed by atoms with Crippen LogP contribution in [0.3, 0.4) is 0 Å². The molecule has 0 unspecified atom stereocenters. The maximum atomic E-state index is 12.6. The highest BCUT2D eigenvalue weighted by Gasteiger charge is 2.34. The molecule has 1 aromatic heterocycles. The molecule has 0 amide bonds. The minimum atomic E-state index is -4.23. The van der Waals surface area contributed by atoms with E-state index in [0.717, 1.165) is 0 Å². The van der Waals surface area contributed by atoms with Crippen LogP contribution in [-0.4, -0.2) is 24.8 Å². The molecule has 3 rings (SSSR count). The first kappa shape index (κ1) is 17.7. The van der Waals surface area contributed by atoms with E-state index in [2.05, 4.69) is 5.10 Å². The van der Waals surface area contributed by atoms with E-state index in [4.69, 9.17) is 43.7 Å². The Bertz CT molecular complexity index is 886. The third kappa shape index (κ3) is 3.31. The minimum Gasteiger partial charge on any atom is -0.476 e. The van der Waals surface area contributed by atoms with Crippen molar-refractivity contribution in [1.29, 1.82) is 0 Å². The smallest absolute Gasteiger partial charge is 0.346 e. The van der Waals surface area contributed by atoms with Gasteiger partial charge in [-0.05, 0) is 12.1 Å². The lowest BCUT2D eigenvalue weighted by Crippen LogP contribution is -2.33. The number of aromatic nitrogens is 2. The molecule has 0 atom stereocenters.